The molecular formula is C18H15Cl3N4O2. The number of halogens is 3. The van der Waals surface area contributed by atoms with E-state index in [0.29, 0.717) is 27.0 Å². The van der Waals surface area contributed by atoms with E-state index in [1.54, 1.807) is 36.2 Å². The molecule has 2 N–H and O–H groups in total. The molecule has 0 atom stereocenters. The first-order chi connectivity index (χ1) is 12.8. The number of anilines is 2. The maximum atomic E-state index is 12.1. The summed E-state index contributed by atoms with van der Waals surface area (Å²) in [5.74, 6) is -0.620. The Labute approximate surface area is 171 Å². The van der Waals surface area contributed by atoms with Crippen molar-refractivity contribution in [2.45, 2.75) is 0 Å². The SMILES string of the molecule is CN(CC(=O)Nc1ccc(Cl)c(Cl)c1)CC(=O)Nc1ccc(C#N)c(Cl)c1. The summed E-state index contributed by atoms with van der Waals surface area (Å²) in [6.45, 7) is -0.00575. The summed E-state index contributed by atoms with van der Waals surface area (Å²) in [5.41, 5.74) is 1.31. The van der Waals surface area contributed by atoms with Gasteiger partial charge in [0, 0.05) is 11.4 Å². The zero-order valence-electron chi connectivity index (χ0n) is 14.2. The third kappa shape index (κ3) is 6.42. The van der Waals surface area contributed by atoms with Crippen LogP contribution in [0.4, 0.5) is 11.4 Å². The summed E-state index contributed by atoms with van der Waals surface area (Å²) < 4.78 is 0. The monoisotopic (exact) mass is 424 g/mol. The molecule has 0 aliphatic rings. The van der Waals surface area contributed by atoms with Crippen molar-refractivity contribution in [1.82, 2.24) is 4.90 Å². The van der Waals surface area contributed by atoms with Gasteiger partial charge in [-0.15, -0.1) is 0 Å². The summed E-state index contributed by atoms with van der Waals surface area (Å²) in [7, 11) is 1.64. The van der Waals surface area contributed by atoms with E-state index in [4.69, 9.17) is 40.1 Å². The van der Waals surface area contributed by atoms with Gasteiger partial charge >= 0.3 is 0 Å². The highest BCUT2D eigenvalue weighted by Gasteiger charge is 2.12. The first-order valence-electron chi connectivity index (χ1n) is 7.71. The van der Waals surface area contributed by atoms with Gasteiger partial charge in [0.1, 0.15) is 6.07 Å². The number of hydrogen-bond acceptors (Lipinski definition) is 4. The van der Waals surface area contributed by atoms with Gasteiger partial charge in [-0.1, -0.05) is 34.8 Å². The first kappa shape index (κ1) is 21.0. The van der Waals surface area contributed by atoms with Gasteiger partial charge in [-0.3, -0.25) is 14.5 Å². The molecule has 2 aromatic carbocycles. The van der Waals surface area contributed by atoms with Crippen molar-refractivity contribution in [1.29, 1.82) is 5.26 Å². The number of nitriles is 1. The van der Waals surface area contributed by atoms with Crippen LogP contribution in [0.2, 0.25) is 15.1 Å². The fraction of sp³-hybridized carbons (Fsp3) is 0.167. The lowest BCUT2D eigenvalue weighted by Crippen LogP contribution is -2.36. The molecule has 0 aromatic heterocycles. The molecule has 2 rings (SSSR count). The van der Waals surface area contributed by atoms with E-state index in [-0.39, 0.29) is 29.9 Å². The lowest BCUT2D eigenvalue weighted by Gasteiger charge is -2.16. The number of nitrogens with one attached hydrogen (secondary N) is 2. The fourth-order valence-corrected chi connectivity index (χ4v) is 2.73. The van der Waals surface area contributed by atoms with E-state index in [1.807, 2.05) is 6.07 Å². The highest BCUT2D eigenvalue weighted by atomic mass is 35.5. The Bertz CT molecular complexity index is 912. The zero-order chi connectivity index (χ0) is 20.0. The summed E-state index contributed by atoms with van der Waals surface area (Å²) in [6.07, 6.45) is 0. The van der Waals surface area contributed by atoms with Crippen molar-refractivity contribution in [3.05, 3.63) is 57.0 Å². The Morgan fingerprint density at radius 1 is 0.926 bits per heavy atom. The van der Waals surface area contributed by atoms with Gasteiger partial charge in [-0.2, -0.15) is 5.26 Å². The van der Waals surface area contributed by atoms with Crippen LogP contribution in [-0.4, -0.2) is 36.9 Å². The second-order valence-electron chi connectivity index (χ2n) is 5.70. The van der Waals surface area contributed by atoms with Crippen LogP contribution in [0.1, 0.15) is 5.56 Å². The van der Waals surface area contributed by atoms with Gasteiger partial charge in [-0.25, -0.2) is 0 Å². The average Bonchev–Trinajstić information content (AvgIpc) is 2.58. The number of rotatable bonds is 6. The largest absolute Gasteiger partial charge is 0.325 e. The van der Waals surface area contributed by atoms with Gasteiger partial charge < -0.3 is 10.6 Å². The predicted octanol–water partition coefficient (Wildman–Crippen LogP) is 4.03. The van der Waals surface area contributed by atoms with Crippen LogP contribution in [0.25, 0.3) is 0 Å². The molecule has 0 spiro atoms. The van der Waals surface area contributed by atoms with E-state index in [0.717, 1.165) is 0 Å². The number of amides is 2. The summed E-state index contributed by atoms with van der Waals surface area (Å²) in [5, 5.41) is 15.2. The summed E-state index contributed by atoms with van der Waals surface area (Å²) >= 11 is 17.7. The predicted molar refractivity (Wildman–Crippen MR) is 107 cm³/mol. The van der Waals surface area contributed by atoms with Crippen molar-refractivity contribution in [2.24, 2.45) is 0 Å². The number of carbonyl (C=O) groups excluding carboxylic acids is 2. The van der Waals surface area contributed by atoms with Gasteiger partial charge in [0.2, 0.25) is 11.8 Å². The molecule has 0 saturated heterocycles. The van der Waals surface area contributed by atoms with Crippen LogP contribution in [0.15, 0.2) is 36.4 Å². The van der Waals surface area contributed by atoms with Crippen LogP contribution >= 0.6 is 34.8 Å². The Morgan fingerprint density at radius 2 is 1.44 bits per heavy atom. The number of likely N-dealkylation sites (N-methyl/N-ethyl adjacent to an activating group) is 1. The number of nitrogens with zero attached hydrogens (tertiary/aromatic N) is 2. The maximum Gasteiger partial charge on any atom is 0.238 e. The van der Waals surface area contributed by atoms with Crippen molar-refractivity contribution < 1.29 is 9.59 Å². The van der Waals surface area contributed by atoms with E-state index in [9.17, 15) is 9.59 Å². The van der Waals surface area contributed by atoms with Gasteiger partial charge in [0.05, 0.1) is 33.7 Å². The molecule has 0 saturated carbocycles. The molecule has 0 unspecified atom stereocenters. The van der Waals surface area contributed by atoms with E-state index < -0.39 is 0 Å². The number of benzene rings is 2. The Hall–Kier alpha value is -2.30. The highest BCUT2D eigenvalue weighted by Crippen LogP contribution is 2.25. The lowest BCUT2D eigenvalue weighted by atomic mass is 10.2. The highest BCUT2D eigenvalue weighted by molar-refractivity contribution is 6.42. The molecule has 0 heterocycles. The standard InChI is InChI=1S/C18H15Cl3N4O2/c1-25(10-18(27)24-13-4-5-14(19)16(21)7-13)9-17(26)23-12-3-2-11(8-22)15(20)6-12/h2-7H,9-10H2,1H3,(H,23,26)(H,24,27). The van der Waals surface area contributed by atoms with Gasteiger partial charge in [-0.05, 0) is 43.4 Å². The van der Waals surface area contributed by atoms with Crippen molar-refractivity contribution >= 4 is 58.0 Å². The molecule has 140 valence electrons. The molecule has 0 aliphatic carbocycles. The molecule has 6 nitrogen and oxygen atoms in total. The van der Waals surface area contributed by atoms with Crippen molar-refractivity contribution in [3.8, 4) is 6.07 Å². The molecule has 9 heteroatoms. The third-order valence-corrected chi connectivity index (χ3v) is 4.46. The molecule has 0 fully saturated rings. The third-order valence-electron chi connectivity index (χ3n) is 3.40. The number of hydrogen-bond donors (Lipinski definition) is 2. The van der Waals surface area contributed by atoms with Crippen molar-refractivity contribution in [2.75, 3.05) is 30.8 Å². The minimum atomic E-state index is -0.319. The Morgan fingerprint density at radius 3 is 1.93 bits per heavy atom. The smallest absolute Gasteiger partial charge is 0.238 e. The van der Waals surface area contributed by atoms with E-state index in [2.05, 4.69) is 10.6 Å². The zero-order valence-corrected chi connectivity index (χ0v) is 16.5. The van der Waals surface area contributed by atoms with Gasteiger partial charge in [0.15, 0.2) is 0 Å². The lowest BCUT2D eigenvalue weighted by molar-refractivity contribution is -0.119. The van der Waals surface area contributed by atoms with Crippen LogP contribution in [0.3, 0.4) is 0 Å². The normalized spacial score (nSPS) is 10.4. The minimum absolute atomic E-state index is 0.00178. The van der Waals surface area contributed by atoms with Gasteiger partial charge in [0.25, 0.3) is 0 Å². The Balaban J connectivity index is 1.85. The van der Waals surface area contributed by atoms with E-state index >= 15 is 0 Å². The number of carbonyl (C=O) groups is 2. The van der Waals surface area contributed by atoms with Crippen LogP contribution in [0, 0.1) is 11.3 Å². The van der Waals surface area contributed by atoms with Crippen LogP contribution < -0.4 is 10.6 Å². The summed E-state index contributed by atoms with van der Waals surface area (Å²) in [6, 6.07) is 11.3. The maximum absolute atomic E-state index is 12.1. The van der Waals surface area contributed by atoms with E-state index in [1.165, 1.54) is 12.1 Å². The van der Waals surface area contributed by atoms with Crippen LogP contribution in [-0.2, 0) is 9.59 Å². The topological polar surface area (TPSA) is 85.2 Å². The van der Waals surface area contributed by atoms with Crippen LogP contribution in [0.5, 0.6) is 0 Å². The molecule has 2 aromatic rings. The second kappa shape index (κ2) is 9.58. The first-order valence-corrected chi connectivity index (χ1v) is 8.85. The molecule has 2 amide bonds. The Kier molecular flexibility index (Phi) is 7.45. The quantitative estimate of drug-likeness (QED) is 0.732. The molecular weight excluding hydrogens is 411 g/mol. The second-order valence-corrected chi connectivity index (χ2v) is 6.93. The minimum Gasteiger partial charge on any atom is -0.325 e. The average molecular weight is 426 g/mol. The molecule has 27 heavy (non-hydrogen) atoms. The fourth-order valence-electron chi connectivity index (χ4n) is 2.20. The molecule has 0 bridgehead atoms. The molecule has 0 radical (unpaired) electrons. The summed E-state index contributed by atoms with van der Waals surface area (Å²) in [4.78, 5) is 25.7. The van der Waals surface area contributed by atoms with Crippen molar-refractivity contribution in [3.63, 3.8) is 0 Å². The molecule has 0 aliphatic heterocycles.